The lowest BCUT2D eigenvalue weighted by atomic mass is 9.86. The van der Waals surface area contributed by atoms with Gasteiger partial charge in [-0.1, -0.05) is 50.8 Å². The predicted molar refractivity (Wildman–Crippen MR) is 87.7 cm³/mol. The standard InChI is InChI=1S/C19H29NO/c1-2-13-20-17-14-19(15-9-5-3-4-6-10-15)21-18-12-8-7-11-16(17)18/h7-8,11-12,15,17,19-20H,2-6,9-10,13-14H2,1H3. The normalized spacial score (nSPS) is 26.7. The molecule has 3 rings (SSSR count). The molecule has 2 atom stereocenters. The van der Waals surface area contributed by atoms with Crippen LogP contribution in [-0.4, -0.2) is 12.6 Å². The molecule has 1 fully saturated rings. The summed E-state index contributed by atoms with van der Waals surface area (Å²) in [6, 6.07) is 9.09. The first-order valence-corrected chi connectivity index (χ1v) is 8.87. The van der Waals surface area contributed by atoms with Crippen LogP contribution in [-0.2, 0) is 0 Å². The molecule has 1 aromatic rings. The van der Waals surface area contributed by atoms with Crippen LogP contribution < -0.4 is 10.1 Å². The Labute approximate surface area is 129 Å². The summed E-state index contributed by atoms with van der Waals surface area (Å²) in [5.41, 5.74) is 1.36. The largest absolute Gasteiger partial charge is 0.490 e. The summed E-state index contributed by atoms with van der Waals surface area (Å²) in [4.78, 5) is 0. The highest BCUT2D eigenvalue weighted by atomic mass is 16.5. The predicted octanol–water partition coefficient (Wildman–Crippen LogP) is 4.85. The van der Waals surface area contributed by atoms with Crippen LogP contribution >= 0.6 is 0 Å². The average Bonchev–Trinajstić information content (AvgIpc) is 2.81. The van der Waals surface area contributed by atoms with Crippen molar-refractivity contribution in [2.75, 3.05) is 6.54 Å². The van der Waals surface area contributed by atoms with Gasteiger partial charge in [-0.15, -0.1) is 0 Å². The molecule has 1 saturated carbocycles. The Bertz CT molecular complexity index is 437. The molecule has 1 aliphatic heterocycles. The lowest BCUT2D eigenvalue weighted by molar-refractivity contribution is 0.0843. The Morgan fingerprint density at radius 2 is 1.86 bits per heavy atom. The highest BCUT2D eigenvalue weighted by Crippen LogP contribution is 2.39. The highest BCUT2D eigenvalue weighted by Gasteiger charge is 2.33. The van der Waals surface area contributed by atoms with Gasteiger partial charge in [-0.25, -0.2) is 0 Å². The zero-order valence-electron chi connectivity index (χ0n) is 13.3. The molecule has 1 aliphatic carbocycles. The molecule has 0 radical (unpaired) electrons. The van der Waals surface area contributed by atoms with Gasteiger partial charge in [-0.05, 0) is 37.8 Å². The van der Waals surface area contributed by atoms with E-state index < -0.39 is 0 Å². The maximum absolute atomic E-state index is 6.40. The van der Waals surface area contributed by atoms with Gasteiger partial charge in [-0.3, -0.25) is 0 Å². The van der Waals surface area contributed by atoms with Gasteiger partial charge in [0.15, 0.2) is 0 Å². The van der Waals surface area contributed by atoms with Gasteiger partial charge in [0, 0.05) is 18.0 Å². The minimum Gasteiger partial charge on any atom is -0.490 e. The van der Waals surface area contributed by atoms with Crippen LogP contribution in [0.1, 0.15) is 69.9 Å². The summed E-state index contributed by atoms with van der Waals surface area (Å²) in [6.07, 6.45) is 11.1. The Morgan fingerprint density at radius 1 is 1.10 bits per heavy atom. The lowest BCUT2D eigenvalue weighted by Gasteiger charge is -2.36. The molecule has 0 saturated heterocycles. The van der Waals surface area contributed by atoms with Gasteiger partial charge >= 0.3 is 0 Å². The van der Waals surface area contributed by atoms with E-state index in [4.69, 9.17) is 4.74 Å². The number of fused-ring (bicyclic) bond motifs is 1. The van der Waals surface area contributed by atoms with Crippen LogP contribution in [0.3, 0.4) is 0 Å². The van der Waals surface area contributed by atoms with E-state index in [2.05, 4.69) is 36.5 Å². The monoisotopic (exact) mass is 287 g/mol. The van der Waals surface area contributed by atoms with Crippen molar-refractivity contribution in [3.05, 3.63) is 29.8 Å². The van der Waals surface area contributed by atoms with E-state index in [1.807, 2.05) is 0 Å². The zero-order valence-corrected chi connectivity index (χ0v) is 13.3. The molecule has 2 aliphatic rings. The molecular formula is C19H29NO. The van der Waals surface area contributed by atoms with Gasteiger partial charge in [0.25, 0.3) is 0 Å². The second-order valence-electron chi connectivity index (χ2n) is 6.69. The molecule has 0 bridgehead atoms. The molecule has 0 aromatic heterocycles. The fourth-order valence-electron chi connectivity index (χ4n) is 3.93. The van der Waals surface area contributed by atoms with Gasteiger partial charge < -0.3 is 10.1 Å². The van der Waals surface area contributed by atoms with Crippen molar-refractivity contribution < 1.29 is 4.74 Å². The Morgan fingerprint density at radius 3 is 2.62 bits per heavy atom. The van der Waals surface area contributed by atoms with Crippen molar-refractivity contribution in [1.82, 2.24) is 5.32 Å². The third-order valence-corrected chi connectivity index (χ3v) is 5.11. The summed E-state index contributed by atoms with van der Waals surface area (Å²) in [7, 11) is 0. The third-order valence-electron chi connectivity index (χ3n) is 5.11. The van der Waals surface area contributed by atoms with Gasteiger partial charge in [-0.2, -0.15) is 0 Å². The van der Waals surface area contributed by atoms with Gasteiger partial charge in [0.1, 0.15) is 11.9 Å². The number of hydrogen-bond donors (Lipinski definition) is 1. The molecule has 2 heteroatoms. The first kappa shape index (κ1) is 14.9. The summed E-state index contributed by atoms with van der Waals surface area (Å²) < 4.78 is 6.40. The van der Waals surface area contributed by atoms with E-state index in [0.717, 1.165) is 24.6 Å². The van der Waals surface area contributed by atoms with Crippen LogP contribution in [0.2, 0.25) is 0 Å². The maximum Gasteiger partial charge on any atom is 0.124 e. The van der Waals surface area contributed by atoms with E-state index in [0.29, 0.717) is 12.1 Å². The van der Waals surface area contributed by atoms with Crippen LogP contribution in [0.25, 0.3) is 0 Å². The topological polar surface area (TPSA) is 21.3 Å². The number of rotatable bonds is 4. The SMILES string of the molecule is CCCNC1CC(C2CCCCCC2)Oc2ccccc21. The first-order chi connectivity index (χ1) is 10.4. The molecule has 1 aromatic carbocycles. The highest BCUT2D eigenvalue weighted by molar-refractivity contribution is 5.38. The smallest absolute Gasteiger partial charge is 0.124 e. The Hall–Kier alpha value is -1.02. The van der Waals surface area contributed by atoms with E-state index >= 15 is 0 Å². The second kappa shape index (κ2) is 7.31. The van der Waals surface area contributed by atoms with Crippen LogP contribution in [0.5, 0.6) is 5.75 Å². The summed E-state index contributed by atoms with van der Waals surface area (Å²) >= 11 is 0. The molecule has 0 spiro atoms. The van der Waals surface area contributed by atoms with Crippen molar-refractivity contribution >= 4 is 0 Å². The molecule has 2 unspecified atom stereocenters. The van der Waals surface area contributed by atoms with E-state index in [1.165, 1.54) is 50.5 Å². The van der Waals surface area contributed by atoms with Crippen molar-refractivity contribution in [1.29, 1.82) is 0 Å². The van der Waals surface area contributed by atoms with Crippen LogP contribution in [0, 0.1) is 5.92 Å². The fraction of sp³-hybridized carbons (Fsp3) is 0.684. The summed E-state index contributed by atoms with van der Waals surface area (Å²) in [6.45, 7) is 3.33. The van der Waals surface area contributed by atoms with Crippen molar-refractivity contribution in [3.63, 3.8) is 0 Å². The summed E-state index contributed by atoms with van der Waals surface area (Å²) in [5.74, 6) is 1.87. The molecule has 0 amide bonds. The second-order valence-corrected chi connectivity index (χ2v) is 6.69. The maximum atomic E-state index is 6.40. The Kier molecular flexibility index (Phi) is 5.18. The van der Waals surface area contributed by atoms with E-state index in [-0.39, 0.29) is 0 Å². The number of hydrogen-bond acceptors (Lipinski definition) is 2. The summed E-state index contributed by atoms with van der Waals surface area (Å²) in [5, 5.41) is 3.73. The van der Waals surface area contributed by atoms with E-state index in [1.54, 1.807) is 0 Å². The van der Waals surface area contributed by atoms with Crippen LogP contribution in [0.4, 0.5) is 0 Å². The quantitative estimate of drug-likeness (QED) is 0.799. The minimum atomic E-state index is 0.410. The molecule has 1 N–H and O–H groups in total. The molecular weight excluding hydrogens is 258 g/mol. The lowest BCUT2D eigenvalue weighted by Crippen LogP contribution is -2.37. The van der Waals surface area contributed by atoms with Crippen molar-refractivity contribution in [3.8, 4) is 5.75 Å². The third kappa shape index (κ3) is 3.60. The number of para-hydroxylation sites is 1. The molecule has 116 valence electrons. The number of nitrogens with one attached hydrogen (secondary N) is 1. The number of ether oxygens (including phenoxy) is 1. The van der Waals surface area contributed by atoms with Crippen molar-refractivity contribution in [2.45, 2.75) is 70.4 Å². The zero-order chi connectivity index (χ0) is 14.5. The van der Waals surface area contributed by atoms with Gasteiger partial charge in [0.05, 0.1) is 0 Å². The Balaban J connectivity index is 1.75. The number of benzene rings is 1. The van der Waals surface area contributed by atoms with Crippen molar-refractivity contribution in [2.24, 2.45) is 5.92 Å². The van der Waals surface area contributed by atoms with Crippen LogP contribution in [0.15, 0.2) is 24.3 Å². The first-order valence-electron chi connectivity index (χ1n) is 8.87. The fourth-order valence-corrected chi connectivity index (χ4v) is 3.93. The van der Waals surface area contributed by atoms with E-state index in [9.17, 15) is 0 Å². The molecule has 2 nitrogen and oxygen atoms in total. The average molecular weight is 287 g/mol. The molecule has 1 heterocycles. The molecule has 21 heavy (non-hydrogen) atoms. The minimum absolute atomic E-state index is 0.410. The van der Waals surface area contributed by atoms with Gasteiger partial charge in [0.2, 0.25) is 0 Å².